The second-order valence-corrected chi connectivity index (χ2v) is 43.5. The number of anilines is 4. The Bertz CT molecular complexity index is 7710. The van der Waals surface area contributed by atoms with Gasteiger partial charge in [-0.25, -0.2) is 0 Å². The Balaban J connectivity index is 0.888. The first kappa shape index (κ1) is 79.7. The fourth-order valence-electron chi connectivity index (χ4n) is 21.1. The Kier molecular flexibility index (Phi) is 19.3. The van der Waals surface area contributed by atoms with Crippen molar-refractivity contribution in [2.75, 3.05) is 9.80 Å². The van der Waals surface area contributed by atoms with Gasteiger partial charge in [0.05, 0.1) is 16.5 Å². The van der Waals surface area contributed by atoms with Crippen LogP contribution in [-0.2, 0) is 65.1 Å². The number of benzene rings is 16. The van der Waals surface area contributed by atoms with E-state index in [1.54, 1.807) is 0 Å². The van der Waals surface area contributed by atoms with E-state index in [4.69, 9.17) is 0 Å². The summed E-state index contributed by atoms with van der Waals surface area (Å²) in [6, 6.07) is 119. The molecule has 5 nitrogen and oxygen atoms in total. The van der Waals surface area contributed by atoms with Gasteiger partial charge in [0.1, 0.15) is 0 Å². The zero-order valence-electron chi connectivity index (χ0n) is 83.4. The van der Waals surface area contributed by atoms with Crippen LogP contribution in [-0.4, -0.2) is 20.4 Å². The van der Waals surface area contributed by atoms with Crippen LogP contribution in [0, 0.1) is 0 Å². The Morgan fingerprint density at radius 1 is 0.252 bits per heavy atom. The van der Waals surface area contributed by atoms with Crippen molar-refractivity contribution in [3.63, 3.8) is 0 Å². The molecule has 131 heavy (non-hydrogen) atoms. The summed E-state index contributed by atoms with van der Waals surface area (Å²) < 4.78 is 47.0. The third kappa shape index (κ3) is 15.3. The lowest BCUT2D eigenvalue weighted by molar-refractivity contribution is 0.567. The molecule has 0 radical (unpaired) electrons. The number of para-hydroxylation sites is 3. The molecule has 0 N–H and O–H groups in total. The van der Waals surface area contributed by atoms with Crippen LogP contribution < -0.4 is 26.2 Å². The average Bonchev–Trinajstić information content (AvgIpc) is 1.12. The van der Waals surface area contributed by atoms with E-state index in [2.05, 4.69) is 464 Å². The molecule has 648 valence electrons. The predicted octanol–water partition coefficient (Wildman–Crippen LogP) is 31.0. The first-order chi connectivity index (χ1) is 64.4. The van der Waals surface area contributed by atoms with Gasteiger partial charge in [-0.05, 0) is 251 Å². The van der Waals surface area contributed by atoms with E-state index in [0.29, 0.717) is 37.0 Å². The van der Waals surface area contributed by atoms with Gasteiger partial charge in [-0.2, -0.15) is 0 Å². The van der Waals surface area contributed by atoms with Crippen LogP contribution in [0.4, 0.5) is 22.7 Å². The van der Waals surface area contributed by atoms with Crippen LogP contribution in [0.1, 0.15) is 197 Å². The molecule has 0 unspecified atom stereocenters. The minimum Gasteiger partial charge on any atom is -0.338 e. The van der Waals surface area contributed by atoms with Crippen LogP contribution in [0.5, 0.6) is 0 Å². The fraction of sp³-hybridized carbons (Fsp3) is 0.232. The molecule has 0 amide bonds. The monoisotopic (exact) mass is 1710 g/mol. The summed E-state index contributed by atoms with van der Waals surface area (Å²) in [7, 11) is 0. The highest BCUT2D eigenvalue weighted by molar-refractivity contribution is 7.00. The lowest BCUT2D eigenvalue weighted by Gasteiger charge is -2.45. The molecule has 21 rings (SSSR count). The third-order valence-electron chi connectivity index (χ3n) is 28.4. The van der Waals surface area contributed by atoms with Crippen molar-refractivity contribution in [2.45, 2.75) is 190 Å². The first-order valence-electron chi connectivity index (χ1n) is 49.1. The number of rotatable bonds is 15. The van der Waals surface area contributed by atoms with E-state index in [-0.39, 0.29) is 69.9 Å². The summed E-state index contributed by atoms with van der Waals surface area (Å²) in [6.45, 7) is 43.5. The van der Waals surface area contributed by atoms with Crippen molar-refractivity contribution in [3.8, 4) is 50.2 Å². The van der Waals surface area contributed by atoms with E-state index in [1.807, 2.05) is 0 Å². The SMILES string of the molecule is [2H]c1c([2H])c([2H])c2c(c1[2H])c1cc(-n3c4ccccc4c4ccccc43)ccc1n2Cc1cc2c3c(c1)N(Cc1c(-c4ccccc4)cc(C(C)(C)C)cc1-c1ccccc1)c1cc(Cn4c5ccc(C(C)(C)C)cc5c5cc(C(C)(C)C)ccc54)ccc1B3c1ccc(Cc3cc(C(C)(C)C)cc(C(C)(C)C)c3)cc1N2Cc1c(-c2ccccc2)cc(C(C)(C)C)cc1-c1ccccc1. The molecule has 0 fully saturated rings. The second-order valence-electron chi connectivity index (χ2n) is 43.5. The standard InChI is InChI=1S/C125H120BN5/c1-120(2,3)88-53-58-110-102(69-88)103-70-89(121(4,5)6)54-59-111(103)127(110)76-81-52-57-108-116(65-81)130(79-106-100(86-41-27-21-28-42-86)73-93(125(16,17)18)74-101(106)87-43-29-22-30-44-87)118-67-83(77-128-109-48-34-31-47-97(109)104-75-94(55-60-112(104)128)131-113-49-35-32-45-95(113)96-46-33-36-50-114(96)131)66-117-119(118)126(108)107-56-51-80(61-82-62-90(122(7,8)9)68-91(63-82)123(10,11)12)64-115(107)129(117)78-105-98(84-37-23-19-24-38-84)71-92(124(13,14)15)72-99(105)85-39-25-20-26-40-85/h19-60,62-75H,61,76-79H2,1-18H3/i31D,34D,47D,48D. The summed E-state index contributed by atoms with van der Waals surface area (Å²) >= 11 is 0. The highest BCUT2D eigenvalue weighted by Crippen LogP contribution is 2.50. The molecular formula is C125H120BN5. The highest BCUT2D eigenvalue weighted by Gasteiger charge is 2.45. The number of hydrogen-bond donors (Lipinski definition) is 0. The van der Waals surface area contributed by atoms with Crippen molar-refractivity contribution >= 4 is 111 Å². The zero-order chi connectivity index (χ0) is 94.2. The second kappa shape index (κ2) is 31.7. The molecule has 2 aliphatic rings. The van der Waals surface area contributed by atoms with Crippen molar-refractivity contribution in [2.24, 2.45) is 0 Å². The fourth-order valence-corrected chi connectivity index (χ4v) is 21.1. The maximum absolute atomic E-state index is 10.4. The Labute approximate surface area is 781 Å². The number of hydrogen-bond acceptors (Lipinski definition) is 2. The van der Waals surface area contributed by atoms with E-state index < -0.39 is 0 Å². The maximum Gasteiger partial charge on any atom is 0.252 e. The predicted molar refractivity (Wildman–Crippen MR) is 563 cm³/mol. The summed E-state index contributed by atoms with van der Waals surface area (Å²) in [5.41, 5.74) is 37.9. The molecular weight excluding hydrogens is 1580 g/mol. The van der Waals surface area contributed by atoms with Gasteiger partial charge in [0.25, 0.3) is 6.71 Å². The van der Waals surface area contributed by atoms with E-state index >= 15 is 0 Å². The highest BCUT2D eigenvalue weighted by atomic mass is 15.2. The lowest BCUT2D eigenvalue weighted by Crippen LogP contribution is -2.62. The maximum atomic E-state index is 10.4. The molecule has 0 saturated carbocycles. The summed E-state index contributed by atoms with van der Waals surface area (Å²) in [5, 5.41) is 6.02. The third-order valence-corrected chi connectivity index (χ3v) is 28.4. The molecule has 6 heteroatoms. The molecule has 0 spiro atoms. The van der Waals surface area contributed by atoms with Gasteiger partial charge in [0.2, 0.25) is 0 Å². The Hall–Kier alpha value is -13.4. The minimum atomic E-state index is -0.309. The average molecular weight is 1710 g/mol. The quantitative estimate of drug-likeness (QED) is 0.0954. The number of aromatic nitrogens is 3. The molecule has 0 saturated heterocycles. The number of fused-ring (bicyclic) bond motifs is 13. The van der Waals surface area contributed by atoms with Gasteiger partial charge in [-0.1, -0.05) is 379 Å². The van der Waals surface area contributed by atoms with Crippen molar-refractivity contribution in [1.82, 2.24) is 13.7 Å². The van der Waals surface area contributed by atoms with Gasteiger partial charge in [0, 0.05) is 109 Å². The normalized spacial score (nSPS) is 13.6. The van der Waals surface area contributed by atoms with Gasteiger partial charge in [-0.3, -0.25) is 0 Å². The Morgan fingerprint density at radius 2 is 0.611 bits per heavy atom. The lowest BCUT2D eigenvalue weighted by atomic mass is 9.33. The van der Waals surface area contributed by atoms with Gasteiger partial charge in [0.15, 0.2) is 0 Å². The van der Waals surface area contributed by atoms with Crippen LogP contribution in [0.2, 0.25) is 0 Å². The minimum absolute atomic E-state index is 0.0681. The van der Waals surface area contributed by atoms with E-state index in [1.165, 1.54) is 122 Å². The first-order valence-corrected chi connectivity index (χ1v) is 47.1. The summed E-state index contributed by atoms with van der Waals surface area (Å²) in [6.07, 6.45) is 0.701. The van der Waals surface area contributed by atoms with E-state index in [9.17, 15) is 5.48 Å². The topological polar surface area (TPSA) is 21.3 Å². The van der Waals surface area contributed by atoms with Crippen molar-refractivity contribution < 1.29 is 5.48 Å². The molecule has 16 aromatic carbocycles. The van der Waals surface area contributed by atoms with Crippen LogP contribution in [0.3, 0.4) is 0 Å². The zero-order valence-corrected chi connectivity index (χ0v) is 79.4. The van der Waals surface area contributed by atoms with Crippen LogP contribution in [0.25, 0.3) is 116 Å². The van der Waals surface area contributed by atoms with Crippen LogP contribution >= 0.6 is 0 Å². The number of nitrogens with zero attached hydrogens (tertiary/aromatic N) is 5. The molecule has 2 aliphatic heterocycles. The van der Waals surface area contributed by atoms with E-state index in [0.717, 1.165) is 89.0 Å². The van der Waals surface area contributed by atoms with Gasteiger partial charge >= 0.3 is 0 Å². The molecule has 5 heterocycles. The van der Waals surface area contributed by atoms with Crippen molar-refractivity contribution in [3.05, 3.63) is 406 Å². The Morgan fingerprint density at radius 3 is 1.05 bits per heavy atom. The smallest absolute Gasteiger partial charge is 0.252 e. The molecule has 0 aliphatic carbocycles. The van der Waals surface area contributed by atoms with Gasteiger partial charge in [-0.15, -0.1) is 0 Å². The summed E-state index contributed by atoms with van der Waals surface area (Å²) in [5.74, 6) is 0. The van der Waals surface area contributed by atoms with Crippen molar-refractivity contribution in [1.29, 1.82) is 0 Å². The molecule has 3 aromatic heterocycles. The molecule has 0 bridgehead atoms. The summed E-state index contributed by atoms with van der Waals surface area (Å²) in [4.78, 5) is 5.43. The van der Waals surface area contributed by atoms with Crippen LogP contribution in [0.15, 0.2) is 340 Å². The largest absolute Gasteiger partial charge is 0.338 e. The molecule has 0 atom stereocenters. The van der Waals surface area contributed by atoms with Gasteiger partial charge < -0.3 is 23.5 Å². The molecule has 19 aromatic rings.